The summed E-state index contributed by atoms with van der Waals surface area (Å²) in [6, 6.07) is 6.26. The maximum Gasteiger partial charge on any atom is 0.304 e. The van der Waals surface area contributed by atoms with Gasteiger partial charge in [-0.3, -0.25) is 9.59 Å². The predicted octanol–water partition coefficient (Wildman–Crippen LogP) is 1.17. The minimum atomic E-state index is -3.73. The molecule has 0 fully saturated rings. The molecule has 1 amide bonds. The molecule has 0 spiro atoms. The Hall–Kier alpha value is -1.60. The number of carbonyl (C=O) groups is 2. The number of hydrogen-bond donors (Lipinski definition) is 2. The molecule has 0 saturated heterocycles. The molecule has 104 valence electrons. The van der Waals surface area contributed by atoms with Crippen molar-refractivity contribution >= 4 is 39.0 Å². The van der Waals surface area contributed by atoms with Gasteiger partial charge in [-0.15, -0.1) is 0 Å². The highest BCUT2D eigenvalue weighted by Crippen LogP contribution is 2.14. The summed E-state index contributed by atoms with van der Waals surface area (Å²) >= 11 is 5.71. The van der Waals surface area contributed by atoms with E-state index in [9.17, 15) is 18.0 Å². The molecule has 6 nitrogen and oxygen atoms in total. The molecular weight excluding hydrogens is 294 g/mol. The average Bonchev–Trinajstić information content (AvgIpc) is 2.25. The number of anilines is 1. The maximum atomic E-state index is 11.5. The van der Waals surface area contributed by atoms with Crippen molar-refractivity contribution in [1.29, 1.82) is 0 Å². The summed E-state index contributed by atoms with van der Waals surface area (Å²) in [6.07, 6.45) is -0.521. The quantitative estimate of drug-likeness (QED) is 0.821. The van der Waals surface area contributed by atoms with Gasteiger partial charge in [0, 0.05) is 10.7 Å². The lowest BCUT2D eigenvalue weighted by Gasteiger charge is -2.06. The van der Waals surface area contributed by atoms with Gasteiger partial charge in [0.1, 0.15) is 5.75 Å². The third-order valence-electron chi connectivity index (χ3n) is 2.09. The first kappa shape index (κ1) is 15.5. The molecule has 0 aliphatic heterocycles. The van der Waals surface area contributed by atoms with Crippen molar-refractivity contribution in [3.8, 4) is 0 Å². The van der Waals surface area contributed by atoms with E-state index >= 15 is 0 Å². The Morgan fingerprint density at radius 1 is 1.32 bits per heavy atom. The van der Waals surface area contributed by atoms with Crippen LogP contribution in [0.25, 0.3) is 0 Å². The van der Waals surface area contributed by atoms with Crippen LogP contribution in [0, 0.1) is 0 Å². The van der Waals surface area contributed by atoms with Gasteiger partial charge >= 0.3 is 5.97 Å². The van der Waals surface area contributed by atoms with Gasteiger partial charge in [-0.25, -0.2) is 8.42 Å². The van der Waals surface area contributed by atoms with Crippen LogP contribution in [0.15, 0.2) is 24.3 Å². The summed E-state index contributed by atoms with van der Waals surface area (Å²) in [4.78, 5) is 21.8. The van der Waals surface area contributed by atoms with Gasteiger partial charge in [-0.1, -0.05) is 17.7 Å². The summed E-state index contributed by atoms with van der Waals surface area (Å²) in [5.41, 5.74) is 0.380. The first-order chi connectivity index (χ1) is 8.78. The number of carboxylic acids is 1. The van der Waals surface area contributed by atoms with E-state index in [0.717, 1.165) is 0 Å². The van der Waals surface area contributed by atoms with Crippen LogP contribution in [0.4, 0.5) is 5.69 Å². The van der Waals surface area contributed by atoms with Crippen molar-refractivity contribution < 1.29 is 23.1 Å². The van der Waals surface area contributed by atoms with Crippen molar-refractivity contribution in [2.24, 2.45) is 0 Å². The summed E-state index contributed by atoms with van der Waals surface area (Å²) < 4.78 is 22.9. The predicted molar refractivity (Wildman–Crippen MR) is 71.0 cm³/mol. The smallest absolute Gasteiger partial charge is 0.304 e. The number of nitrogens with one attached hydrogen (secondary N) is 1. The molecule has 1 rings (SSSR count). The normalized spacial score (nSPS) is 11.0. The van der Waals surface area contributed by atoms with Crippen molar-refractivity contribution in [1.82, 2.24) is 0 Å². The largest absolute Gasteiger partial charge is 0.481 e. The Morgan fingerprint density at radius 3 is 2.58 bits per heavy atom. The fourth-order valence-electron chi connectivity index (χ4n) is 1.28. The van der Waals surface area contributed by atoms with Gasteiger partial charge in [0.05, 0.1) is 12.2 Å². The molecule has 0 radical (unpaired) electrons. The number of rotatable bonds is 6. The molecule has 0 aliphatic rings. The lowest BCUT2D eigenvalue weighted by atomic mass is 10.3. The van der Waals surface area contributed by atoms with Crippen molar-refractivity contribution in [3.05, 3.63) is 29.3 Å². The molecule has 0 unspecified atom stereocenters. The summed E-state index contributed by atoms with van der Waals surface area (Å²) in [5.74, 6) is -3.27. The lowest BCUT2D eigenvalue weighted by Crippen LogP contribution is -2.25. The maximum absolute atomic E-state index is 11.5. The first-order valence-corrected chi connectivity index (χ1v) is 7.46. The number of amides is 1. The van der Waals surface area contributed by atoms with Crippen LogP contribution in [-0.4, -0.2) is 36.9 Å². The number of halogens is 1. The zero-order valence-corrected chi connectivity index (χ0v) is 11.4. The topological polar surface area (TPSA) is 101 Å². The standard InChI is InChI=1S/C11H12ClNO5S/c12-8-2-1-3-9(6-8)13-10(14)7-19(17,18)5-4-11(15)16/h1-3,6H,4-5,7H2,(H,13,14)(H,15,16). The second-order valence-corrected chi connectivity index (χ2v) is 6.41. The minimum absolute atomic E-state index is 0.380. The zero-order chi connectivity index (χ0) is 14.5. The van der Waals surface area contributed by atoms with Gasteiger partial charge in [0.15, 0.2) is 9.84 Å². The highest BCUT2D eigenvalue weighted by Gasteiger charge is 2.18. The Balaban J connectivity index is 2.58. The molecular formula is C11H12ClNO5S. The Kier molecular flexibility index (Phi) is 5.31. The van der Waals surface area contributed by atoms with Crippen molar-refractivity contribution in [2.75, 3.05) is 16.8 Å². The van der Waals surface area contributed by atoms with Crippen LogP contribution >= 0.6 is 11.6 Å². The highest BCUT2D eigenvalue weighted by atomic mass is 35.5. The number of carbonyl (C=O) groups excluding carboxylic acids is 1. The number of hydrogen-bond acceptors (Lipinski definition) is 4. The van der Waals surface area contributed by atoms with E-state index in [1.165, 1.54) is 6.07 Å². The van der Waals surface area contributed by atoms with Gasteiger partial charge in [-0.05, 0) is 18.2 Å². The van der Waals surface area contributed by atoms with E-state index in [1.54, 1.807) is 18.2 Å². The molecule has 8 heteroatoms. The minimum Gasteiger partial charge on any atom is -0.481 e. The van der Waals surface area contributed by atoms with E-state index in [4.69, 9.17) is 16.7 Å². The SMILES string of the molecule is O=C(O)CCS(=O)(=O)CC(=O)Nc1cccc(Cl)c1. The number of benzene rings is 1. The zero-order valence-electron chi connectivity index (χ0n) is 9.80. The van der Waals surface area contributed by atoms with E-state index in [2.05, 4.69) is 5.32 Å². The molecule has 2 N–H and O–H groups in total. The van der Waals surface area contributed by atoms with Crippen LogP contribution in [0.3, 0.4) is 0 Å². The van der Waals surface area contributed by atoms with Crippen LogP contribution in [0.2, 0.25) is 5.02 Å². The summed E-state index contributed by atoms with van der Waals surface area (Å²) in [5, 5.41) is 11.2. The summed E-state index contributed by atoms with van der Waals surface area (Å²) in [7, 11) is -3.73. The van der Waals surface area contributed by atoms with E-state index in [1.807, 2.05) is 0 Å². The monoisotopic (exact) mass is 305 g/mol. The molecule has 0 bridgehead atoms. The Bertz CT molecular complexity index is 585. The molecule has 0 aromatic heterocycles. The van der Waals surface area contributed by atoms with E-state index in [-0.39, 0.29) is 0 Å². The van der Waals surface area contributed by atoms with E-state index in [0.29, 0.717) is 10.7 Å². The number of carboxylic acid groups (broad SMARTS) is 1. The average molecular weight is 306 g/mol. The second-order valence-electron chi connectivity index (χ2n) is 3.79. The Labute approximate surface area is 115 Å². The number of aliphatic carboxylic acids is 1. The molecule has 19 heavy (non-hydrogen) atoms. The Morgan fingerprint density at radius 2 is 2.00 bits per heavy atom. The van der Waals surface area contributed by atoms with Crippen LogP contribution < -0.4 is 5.32 Å². The van der Waals surface area contributed by atoms with Gasteiger partial charge in [0.2, 0.25) is 5.91 Å². The van der Waals surface area contributed by atoms with Gasteiger partial charge in [0.25, 0.3) is 0 Å². The fraction of sp³-hybridized carbons (Fsp3) is 0.273. The second kappa shape index (κ2) is 6.53. The molecule has 0 atom stereocenters. The van der Waals surface area contributed by atoms with Crippen LogP contribution in [0.5, 0.6) is 0 Å². The summed E-state index contributed by atoms with van der Waals surface area (Å²) in [6.45, 7) is 0. The van der Waals surface area contributed by atoms with Crippen molar-refractivity contribution in [3.63, 3.8) is 0 Å². The van der Waals surface area contributed by atoms with E-state index < -0.39 is 39.6 Å². The molecule has 0 aliphatic carbocycles. The third kappa shape index (κ3) is 6.21. The van der Waals surface area contributed by atoms with Crippen LogP contribution in [-0.2, 0) is 19.4 Å². The third-order valence-corrected chi connectivity index (χ3v) is 3.85. The molecule has 0 saturated carbocycles. The molecule has 1 aromatic rings. The first-order valence-electron chi connectivity index (χ1n) is 5.26. The van der Waals surface area contributed by atoms with Gasteiger partial charge in [-0.2, -0.15) is 0 Å². The van der Waals surface area contributed by atoms with Crippen molar-refractivity contribution in [2.45, 2.75) is 6.42 Å². The molecule has 0 heterocycles. The lowest BCUT2D eigenvalue weighted by molar-refractivity contribution is -0.136. The molecule has 1 aromatic carbocycles. The van der Waals surface area contributed by atoms with Gasteiger partial charge < -0.3 is 10.4 Å². The fourth-order valence-corrected chi connectivity index (χ4v) is 2.57. The number of sulfone groups is 1. The highest BCUT2D eigenvalue weighted by molar-refractivity contribution is 7.92. The van der Waals surface area contributed by atoms with Crippen LogP contribution in [0.1, 0.15) is 6.42 Å².